The first-order valence-electron chi connectivity index (χ1n) is 7.01. The van der Waals surface area contributed by atoms with Crippen LogP contribution in [0.2, 0.25) is 0 Å². The van der Waals surface area contributed by atoms with Gasteiger partial charge in [0, 0.05) is 36.1 Å². The lowest BCUT2D eigenvalue weighted by Gasteiger charge is -2.12. The van der Waals surface area contributed by atoms with E-state index in [9.17, 15) is 18.0 Å². The first kappa shape index (κ1) is 18.9. The highest BCUT2D eigenvalue weighted by molar-refractivity contribution is 7.07. The van der Waals surface area contributed by atoms with Gasteiger partial charge in [-0.2, -0.15) is 18.3 Å². The van der Waals surface area contributed by atoms with Gasteiger partial charge in [0.05, 0.1) is 17.7 Å². The molecular weight excluding hydrogens is 363 g/mol. The van der Waals surface area contributed by atoms with Crippen molar-refractivity contribution in [3.8, 4) is 0 Å². The van der Waals surface area contributed by atoms with Gasteiger partial charge in [-0.05, 0) is 0 Å². The van der Waals surface area contributed by atoms with Crippen molar-refractivity contribution < 1.29 is 27.9 Å². The van der Waals surface area contributed by atoms with Crippen molar-refractivity contribution in [2.24, 2.45) is 0 Å². The molecule has 0 unspecified atom stereocenters. The fraction of sp³-hybridized carbons (Fsp3) is 0.385. The standard InChI is InChI=1S/C11H13N5OS.C2HF3O2/c17-11(13-3-7-5-18-6-14-7)10-8-4-12-2-1-9(8)15-16-10;3-2(4,5)1(6)7/h5-6,12H,1-4H2,(H,13,17)(H,15,16);(H,6,7). The molecule has 0 aliphatic carbocycles. The third-order valence-electron chi connectivity index (χ3n) is 3.18. The van der Waals surface area contributed by atoms with E-state index in [0.29, 0.717) is 18.8 Å². The largest absolute Gasteiger partial charge is 0.490 e. The highest BCUT2D eigenvalue weighted by atomic mass is 32.1. The highest BCUT2D eigenvalue weighted by Gasteiger charge is 2.38. The molecule has 0 spiro atoms. The summed E-state index contributed by atoms with van der Waals surface area (Å²) >= 11 is 1.52. The van der Waals surface area contributed by atoms with Crippen molar-refractivity contribution in [2.75, 3.05) is 6.54 Å². The number of carbonyl (C=O) groups is 2. The summed E-state index contributed by atoms with van der Waals surface area (Å²) in [6, 6.07) is 0. The van der Waals surface area contributed by atoms with Gasteiger partial charge in [-0.1, -0.05) is 0 Å². The van der Waals surface area contributed by atoms with E-state index in [1.165, 1.54) is 11.3 Å². The number of carboxylic acids is 1. The van der Waals surface area contributed by atoms with Crippen molar-refractivity contribution in [3.05, 3.63) is 33.5 Å². The molecule has 2 aromatic rings. The average molecular weight is 377 g/mol. The fourth-order valence-electron chi connectivity index (χ4n) is 1.99. The minimum atomic E-state index is -5.08. The molecule has 2 aromatic heterocycles. The van der Waals surface area contributed by atoms with E-state index in [2.05, 4.69) is 25.8 Å². The van der Waals surface area contributed by atoms with Gasteiger partial charge < -0.3 is 15.7 Å². The lowest BCUT2D eigenvalue weighted by molar-refractivity contribution is -0.192. The van der Waals surface area contributed by atoms with Gasteiger partial charge >= 0.3 is 12.1 Å². The maximum atomic E-state index is 12.0. The number of aromatic nitrogens is 3. The number of alkyl halides is 3. The molecular formula is C13H14F3N5O3S. The molecule has 12 heteroatoms. The van der Waals surface area contributed by atoms with Crippen molar-refractivity contribution >= 4 is 23.2 Å². The van der Waals surface area contributed by atoms with Crippen molar-refractivity contribution in [2.45, 2.75) is 25.7 Å². The number of nitrogens with one attached hydrogen (secondary N) is 3. The van der Waals surface area contributed by atoms with Gasteiger partial charge in [0.2, 0.25) is 0 Å². The second-order valence-corrected chi connectivity index (χ2v) is 5.64. The van der Waals surface area contributed by atoms with Crippen LogP contribution in [0.4, 0.5) is 13.2 Å². The lowest BCUT2D eigenvalue weighted by atomic mass is 10.1. The van der Waals surface area contributed by atoms with Crippen LogP contribution in [-0.4, -0.2) is 44.9 Å². The molecule has 3 rings (SSSR count). The first-order valence-corrected chi connectivity index (χ1v) is 7.95. The molecule has 0 saturated heterocycles. The SMILES string of the molecule is O=C(NCc1cscn1)c1n[nH]c2c1CNCC2.O=C(O)C(F)(F)F. The summed E-state index contributed by atoms with van der Waals surface area (Å²) in [4.78, 5) is 25.0. The second-order valence-electron chi connectivity index (χ2n) is 4.92. The maximum absolute atomic E-state index is 12.0. The van der Waals surface area contributed by atoms with Gasteiger partial charge in [0.1, 0.15) is 0 Å². The number of H-pyrrole nitrogens is 1. The molecule has 3 heterocycles. The molecule has 136 valence electrons. The van der Waals surface area contributed by atoms with Gasteiger partial charge in [-0.15, -0.1) is 11.3 Å². The molecule has 0 atom stereocenters. The van der Waals surface area contributed by atoms with Crippen molar-refractivity contribution in [1.29, 1.82) is 0 Å². The molecule has 25 heavy (non-hydrogen) atoms. The van der Waals surface area contributed by atoms with Gasteiger partial charge in [0.25, 0.3) is 5.91 Å². The summed E-state index contributed by atoms with van der Waals surface area (Å²) < 4.78 is 31.7. The van der Waals surface area contributed by atoms with Gasteiger partial charge in [0.15, 0.2) is 5.69 Å². The molecule has 0 saturated carbocycles. The molecule has 1 aliphatic rings. The Morgan fingerprint density at radius 3 is 2.72 bits per heavy atom. The number of nitrogens with zero attached hydrogens (tertiary/aromatic N) is 2. The Kier molecular flexibility index (Phi) is 6.09. The number of aromatic amines is 1. The Balaban J connectivity index is 0.000000277. The number of aliphatic carboxylic acids is 1. The van der Waals surface area contributed by atoms with Gasteiger partial charge in [-0.25, -0.2) is 9.78 Å². The summed E-state index contributed by atoms with van der Waals surface area (Å²) in [6.07, 6.45) is -4.19. The van der Waals surface area contributed by atoms with Crippen molar-refractivity contribution in [1.82, 2.24) is 25.8 Å². The quantitative estimate of drug-likeness (QED) is 0.635. The smallest absolute Gasteiger partial charge is 0.475 e. The summed E-state index contributed by atoms with van der Waals surface area (Å²) in [7, 11) is 0. The number of hydrogen-bond donors (Lipinski definition) is 4. The lowest BCUT2D eigenvalue weighted by Crippen LogP contribution is -2.28. The average Bonchev–Trinajstić information content (AvgIpc) is 3.22. The Labute approximate surface area is 143 Å². The number of fused-ring (bicyclic) bond motifs is 1. The van der Waals surface area contributed by atoms with Crippen LogP contribution in [0.25, 0.3) is 0 Å². The molecule has 8 nitrogen and oxygen atoms in total. The van der Waals surface area contributed by atoms with E-state index in [1.54, 1.807) is 5.51 Å². The Morgan fingerprint density at radius 2 is 2.12 bits per heavy atom. The van der Waals surface area contributed by atoms with Crippen LogP contribution >= 0.6 is 11.3 Å². The number of halogens is 3. The van der Waals surface area contributed by atoms with Crippen LogP contribution in [0, 0.1) is 0 Å². The van der Waals surface area contributed by atoms with Crippen LogP contribution in [0.1, 0.15) is 27.4 Å². The van der Waals surface area contributed by atoms with Crippen molar-refractivity contribution in [3.63, 3.8) is 0 Å². The molecule has 1 aliphatic heterocycles. The highest BCUT2D eigenvalue weighted by Crippen LogP contribution is 2.15. The van der Waals surface area contributed by atoms with E-state index in [-0.39, 0.29) is 5.91 Å². The van der Waals surface area contributed by atoms with E-state index < -0.39 is 12.1 Å². The Morgan fingerprint density at radius 1 is 1.40 bits per heavy atom. The molecule has 0 bridgehead atoms. The molecule has 1 amide bonds. The zero-order chi connectivity index (χ0) is 18.4. The normalized spacial score (nSPS) is 13.4. The number of carboxylic acid groups (broad SMARTS) is 1. The summed E-state index contributed by atoms with van der Waals surface area (Å²) in [5.74, 6) is -2.91. The van der Waals surface area contributed by atoms with E-state index in [4.69, 9.17) is 9.90 Å². The maximum Gasteiger partial charge on any atom is 0.490 e. The van der Waals surface area contributed by atoms with Gasteiger partial charge in [-0.3, -0.25) is 9.89 Å². The third-order valence-corrected chi connectivity index (χ3v) is 3.81. The van der Waals surface area contributed by atoms with E-state index in [1.807, 2.05) is 5.38 Å². The van der Waals surface area contributed by atoms with Crippen LogP contribution < -0.4 is 10.6 Å². The summed E-state index contributed by atoms with van der Waals surface area (Å²) in [5, 5.41) is 22.2. The van der Waals surface area contributed by atoms with Crippen LogP contribution in [-0.2, 0) is 24.3 Å². The minimum absolute atomic E-state index is 0.149. The Bertz CT molecular complexity index is 730. The Hall–Kier alpha value is -2.47. The zero-order valence-corrected chi connectivity index (χ0v) is 13.5. The summed E-state index contributed by atoms with van der Waals surface area (Å²) in [6.45, 7) is 2.07. The molecule has 0 radical (unpaired) electrons. The van der Waals surface area contributed by atoms with E-state index in [0.717, 1.165) is 29.9 Å². The van der Waals surface area contributed by atoms with Crippen LogP contribution in [0.5, 0.6) is 0 Å². The number of hydrogen-bond acceptors (Lipinski definition) is 6. The third kappa shape index (κ3) is 5.26. The first-order chi connectivity index (χ1) is 11.8. The predicted molar refractivity (Wildman–Crippen MR) is 81.0 cm³/mol. The van der Waals surface area contributed by atoms with E-state index >= 15 is 0 Å². The molecule has 4 N–H and O–H groups in total. The second kappa shape index (κ2) is 8.07. The number of carbonyl (C=O) groups excluding carboxylic acids is 1. The number of thiazole rings is 1. The summed E-state index contributed by atoms with van der Waals surface area (Å²) in [5.41, 5.74) is 5.16. The van der Waals surface area contributed by atoms with Crippen LogP contribution in [0.15, 0.2) is 10.9 Å². The fourth-order valence-corrected chi connectivity index (χ4v) is 2.55. The molecule has 0 fully saturated rings. The number of rotatable bonds is 3. The van der Waals surface area contributed by atoms with Crippen LogP contribution in [0.3, 0.4) is 0 Å². The number of amides is 1. The molecule has 0 aromatic carbocycles. The predicted octanol–water partition coefficient (Wildman–Crippen LogP) is 1.08. The topological polar surface area (TPSA) is 120 Å². The minimum Gasteiger partial charge on any atom is -0.475 e. The zero-order valence-electron chi connectivity index (χ0n) is 12.7. The monoisotopic (exact) mass is 377 g/mol.